The Bertz CT molecular complexity index is 658. The Labute approximate surface area is 125 Å². The van der Waals surface area contributed by atoms with Crippen LogP contribution in [0.2, 0.25) is 5.02 Å². The SMILES string of the molecule is Cc1cccc(C#N)c1N(C)C(C)c1ccccc1Cl. The van der Waals surface area contributed by atoms with Crippen molar-refractivity contribution in [1.82, 2.24) is 0 Å². The second-order valence-electron chi connectivity index (χ2n) is 4.89. The van der Waals surface area contributed by atoms with Crippen LogP contribution in [0.25, 0.3) is 0 Å². The maximum atomic E-state index is 9.30. The molecule has 0 fully saturated rings. The van der Waals surface area contributed by atoms with E-state index >= 15 is 0 Å². The molecule has 2 aromatic carbocycles. The van der Waals surface area contributed by atoms with Gasteiger partial charge in [-0.3, -0.25) is 0 Å². The first kappa shape index (κ1) is 14.4. The molecule has 0 aliphatic rings. The van der Waals surface area contributed by atoms with Crippen molar-refractivity contribution in [3.05, 3.63) is 64.2 Å². The minimum Gasteiger partial charge on any atom is -0.366 e. The summed E-state index contributed by atoms with van der Waals surface area (Å²) in [6.45, 7) is 4.11. The number of aryl methyl sites for hydroxylation is 1. The monoisotopic (exact) mass is 284 g/mol. The third-order valence-electron chi connectivity index (χ3n) is 3.65. The highest BCUT2D eigenvalue weighted by atomic mass is 35.5. The van der Waals surface area contributed by atoms with E-state index in [0.29, 0.717) is 5.56 Å². The van der Waals surface area contributed by atoms with Crippen molar-refractivity contribution in [2.45, 2.75) is 19.9 Å². The first-order chi connectivity index (χ1) is 9.56. The minimum atomic E-state index is 0.0944. The summed E-state index contributed by atoms with van der Waals surface area (Å²) in [4.78, 5) is 2.11. The average Bonchev–Trinajstić information content (AvgIpc) is 2.46. The maximum absolute atomic E-state index is 9.30. The molecular weight excluding hydrogens is 268 g/mol. The number of benzene rings is 2. The summed E-state index contributed by atoms with van der Waals surface area (Å²) < 4.78 is 0. The second-order valence-corrected chi connectivity index (χ2v) is 5.30. The zero-order chi connectivity index (χ0) is 14.7. The normalized spacial score (nSPS) is 11.8. The first-order valence-corrected chi connectivity index (χ1v) is 6.91. The Hall–Kier alpha value is -1.98. The van der Waals surface area contributed by atoms with Gasteiger partial charge < -0.3 is 4.90 Å². The van der Waals surface area contributed by atoms with Crippen LogP contribution in [-0.4, -0.2) is 7.05 Å². The summed E-state index contributed by atoms with van der Waals surface area (Å²) >= 11 is 6.27. The van der Waals surface area contributed by atoms with Crippen molar-refractivity contribution in [2.75, 3.05) is 11.9 Å². The van der Waals surface area contributed by atoms with Gasteiger partial charge in [0.2, 0.25) is 0 Å². The van der Waals surface area contributed by atoms with Crippen molar-refractivity contribution in [3.63, 3.8) is 0 Å². The van der Waals surface area contributed by atoms with E-state index in [0.717, 1.165) is 21.8 Å². The van der Waals surface area contributed by atoms with Gasteiger partial charge in [0.15, 0.2) is 0 Å². The van der Waals surface area contributed by atoms with Gasteiger partial charge in [0.05, 0.1) is 17.3 Å². The van der Waals surface area contributed by atoms with Crippen LogP contribution in [0.3, 0.4) is 0 Å². The molecule has 0 aliphatic heterocycles. The zero-order valence-corrected chi connectivity index (χ0v) is 12.6. The molecule has 0 saturated heterocycles. The molecule has 0 aromatic heterocycles. The predicted molar refractivity (Wildman–Crippen MR) is 84.2 cm³/mol. The summed E-state index contributed by atoms with van der Waals surface area (Å²) in [6.07, 6.45) is 0. The molecule has 102 valence electrons. The van der Waals surface area contributed by atoms with Crippen LogP contribution in [0.5, 0.6) is 0 Å². The molecule has 0 heterocycles. The van der Waals surface area contributed by atoms with Crippen LogP contribution < -0.4 is 4.90 Å². The molecule has 0 bridgehead atoms. The Kier molecular flexibility index (Phi) is 4.32. The van der Waals surface area contributed by atoms with Crippen molar-refractivity contribution >= 4 is 17.3 Å². The van der Waals surface area contributed by atoms with Gasteiger partial charge in [-0.2, -0.15) is 5.26 Å². The van der Waals surface area contributed by atoms with Crippen molar-refractivity contribution < 1.29 is 0 Å². The molecule has 1 unspecified atom stereocenters. The Morgan fingerprint density at radius 1 is 1.15 bits per heavy atom. The Morgan fingerprint density at radius 3 is 2.50 bits per heavy atom. The Morgan fingerprint density at radius 2 is 1.85 bits per heavy atom. The third-order valence-corrected chi connectivity index (χ3v) is 3.99. The lowest BCUT2D eigenvalue weighted by Crippen LogP contribution is -2.23. The molecule has 1 atom stereocenters. The number of hydrogen-bond donors (Lipinski definition) is 0. The number of halogens is 1. The van der Waals surface area contributed by atoms with E-state index in [4.69, 9.17) is 11.6 Å². The van der Waals surface area contributed by atoms with Gasteiger partial charge in [0.1, 0.15) is 6.07 Å². The molecule has 0 radical (unpaired) electrons. The number of rotatable bonds is 3. The molecule has 0 aliphatic carbocycles. The van der Waals surface area contributed by atoms with Gasteiger partial charge in [0, 0.05) is 12.1 Å². The fourth-order valence-corrected chi connectivity index (χ4v) is 2.73. The van der Waals surface area contributed by atoms with Crippen LogP contribution in [0.15, 0.2) is 42.5 Å². The van der Waals surface area contributed by atoms with Gasteiger partial charge >= 0.3 is 0 Å². The molecule has 0 spiro atoms. The highest BCUT2D eigenvalue weighted by Gasteiger charge is 2.18. The first-order valence-electron chi connectivity index (χ1n) is 6.53. The zero-order valence-electron chi connectivity index (χ0n) is 11.9. The molecule has 2 aromatic rings. The van der Waals surface area contributed by atoms with Gasteiger partial charge in [-0.25, -0.2) is 0 Å². The lowest BCUT2D eigenvalue weighted by atomic mass is 10.0. The average molecular weight is 285 g/mol. The van der Waals surface area contributed by atoms with E-state index in [1.807, 2.05) is 56.4 Å². The van der Waals surface area contributed by atoms with E-state index in [1.165, 1.54) is 0 Å². The van der Waals surface area contributed by atoms with Crippen LogP contribution in [-0.2, 0) is 0 Å². The van der Waals surface area contributed by atoms with Crippen LogP contribution >= 0.6 is 11.6 Å². The maximum Gasteiger partial charge on any atom is 0.101 e. The molecule has 2 rings (SSSR count). The van der Waals surface area contributed by atoms with Crippen molar-refractivity contribution in [1.29, 1.82) is 5.26 Å². The van der Waals surface area contributed by atoms with E-state index in [-0.39, 0.29) is 6.04 Å². The van der Waals surface area contributed by atoms with Crippen molar-refractivity contribution in [3.8, 4) is 6.07 Å². The largest absolute Gasteiger partial charge is 0.366 e. The lowest BCUT2D eigenvalue weighted by Gasteiger charge is -2.30. The highest BCUT2D eigenvalue weighted by molar-refractivity contribution is 6.31. The third kappa shape index (κ3) is 2.64. The van der Waals surface area contributed by atoms with Gasteiger partial charge in [-0.15, -0.1) is 0 Å². The fourth-order valence-electron chi connectivity index (χ4n) is 2.43. The summed E-state index contributed by atoms with van der Waals surface area (Å²) in [7, 11) is 2.00. The molecule has 20 heavy (non-hydrogen) atoms. The van der Waals surface area contributed by atoms with E-state index in [2.05, 4.69) is 17.9 Å². The summed E-state index contributed by atoms with van der Waals surface area (Å²) in [5.74, 6) is 0. The standard InChI is InChI=1S/C17H17ClN2/c1-12-7-6-8-14(11-19)17(12)20(3)13(2)15-9-4-5-10-16(15)18/h4-10,13H,1-3H3. The van der Waals surface area contributed by atoms with Gasteiger partial charge in [-0.1, -0.05) is 41.9 Å². The predicted octanol–water partition coefficient (Wildman–Crippen LogP) is 4.72. The Balaban J connectivity index is 2.45. The highest BCUT2D eigenvalue weighted by Crippen LogP contribution is 2.33. The van der Waals surface area contributed by atoms with Crippen LogP contribution in [0.4, 0.5) is 5.69 Å². The number of para-hydroxylation sites is 1. The van der Waals surface area contributed by atoms with Crippen molar-refractivity contribution in [2.24, 2.45) is 0 Å². The number of nitriles is 1. The summed E-state index contributed by atoms with van der Waals surface area (Å²) in [5.41, 5.74) is 3.79. The molecule has 0 amide bonds. The number of hydrogen-bond acceptors (Lipinski definition) is 2. The molecular formula is C17H17ClN2. The molecule has 3 heteroatoms. The van der Waals surface area contributed by atoms with E-state index in [1.54, 1.807) is 0 Å². The smallest absolute Gasteiger partial charge is 0.101 e. The fraction of sp³-hybridized carbons (Fsp3) is 0.235. The lowest BCUT2D eigenvalue weighted by molar-refractivity contribution is 0.737. The molecule has 0 saturated carbocycles. The molecule has 2 nitrogen and oxygen atoms in total. The van der Waals surface area contributed by atoms with Gasteiger partial charge in [-0.05, 0) is 37.1 Å². The minimum absolute atomic E-state index is 0.0944. The van der Waals surface area contributed by atoms with E-state index < -0.39 is 0 Å². The van der Waals surface area contributed by atoms with Crippen LogP contribution in [0.1, 0.15) is 29.7 Å². The second kappa shape index (κ2) is 5.98. The summed E-state index contributed by atoms with van der Waals surface area (Å²) in [6, 6.07) is 16.0. The topological polar surface area (TPSA) is 27.0 Å². The van der Waals surface area contributed by atoms with E-state index in [9.17, 15) is 5.26 Å². The summed E-state index contributed by atoms with van der Waals surface area (Å²) in [5, 5.41) is 10.0. The quantitative estimate of drug-likeness (QED) is 0.815. The molecule has 0 N–H and O–H groups in total. The van der Waals surface area contributed by atoms with Crippen LogP contribution in [0, 0.1) is 18.3 Å². The van der Waals surface area contributed by atoms with Gasteiger partial charge in [0.25, 0.3) is 0 Å². The number of nitrogens with zero attached hydrogens (tertiary/aromatic N) is 2. The number of anilines is 1.